The van der Waals surface area contributed by atoms with E-state index in [9.17, 15) is 14.4 Å². The van der Waals surface area contributed by atoms with Crippen LogP contribution in [0.25, 0.3) is 0 Å². The third kappa shape index (κ3) is 5.24. The summed E-state index contributed by atoms with van der Waals surface area (Å²) in [6.45, 7) is 0.250. The van der Waals surface area contributed by atoms with Gasteiger partial charge in [-0.3, -0.25) is 19.3 Å². The molecule has 1 aromatic heterocycles. The number of primary amides is 1. The molecule has 1 aliphatic rings. The highest BCUT2D eigenvalue weighted by molar-refractivity contribution is 7.09. The van der Waals surface area contributed by atoms with E-state index in [1.165, 1.54) is 12.0 Å². The number of ether oxygens (including phenoxy) is 3. The number of hydrogen-bond donors (Lipinski definition) is 3. The monoisotopic (exact) mass is 559 g/mol. The van der Waals surface area contributed by atoms with Crippen LogP contribution in [0.1, 0.15) is 37.3 Å². The van der Waals surface area contributed by atoms with Gasteiger partial charge in [0.1, 0.15) is 16.7 Å². The Morgan fingerprint density at radius 3 is 2.45 bits per heavy atom. The second kappa shape index (κ2) is 11.3. The molecule has 5 N–H and O–H groups in total. The van der Waals surface area contributed by atoms with Crippen LogP contribution in [0.3, 0.4) is 0 Å². The van der Waals surface area contributed by atoms with Crippen LogP contribution in [-0.4, -0.2) is 36.0 Å². The summed E-state index contributed by atoms with van der Waals surface area (Å²) >= 11 is 0.727. The zero-order chi connectivity index (χ0) is 28.2. The highest BCUT2D eigenvalue weighted by Crippen LogP contribution is 2.40. The van der Waals surface area contributed by atoms with E-state index in [0.717, 1.165) is 17.1 Å². The Bertz CT molecular complexity index is 1560. The van der Waals surface area contributed by atoms with E-state index in [0.29, 0.717) is 28.5 Å². The lowest BCUT2D eigenvalue weighted by Gasteiger charge is -2.31. The second-order valence-corrected chi connectivity index (χ2v) is 9.50. The smallest absolute Gasteiger partial charge is 0.273 e. The fourth-order valence-corrected chi connectivity index (χ4v) is 4.99. The molecule has 2 heterocycles. The van der Waals surface area contributed by atoms with E-state index in [4.69, 9.17) is 25.7 Å². The molecule has 0 saturated carbocycles. The fraction of sp³-hybridized carbons (Fsp3) is 0.143. The standard InChI is InChI=1S/C28H25N5O6S/c1-37-19-10-7-17(8-11-19)24(27(35)31-14-16-5-3-2-4-6-16)33(18-9-12-20-21(13-18)39-15-38-20)28(36)25-22(29)23(26(30)34)32-40-25/h2-13,24H,14-15,29H2,1H3,(H2,30,34)(H,31,35). The molecule has 204 valence electrons. The van der Waals surface area contributed by atoms with Gasteiger partial charge in [-0.15, -0.1) is 0 Å². The Labute approximate surface area is 233 Å². The average molecular weight is 560 g/mol. The molecule has 1 aliphatic heterocycles. The first-order valence-electron chi connectivity index (χ1n) is 12.1. The maximum Gasteiger partial charge on any atom is 0.273 e. The number of amides is 3. The lowest BCUT2D eigenvalue weighted by atomic mass is 10.0. The maximum atomic E-state index is 14.2. The molecule has 11 nitrogen and oxygen atoms in total. The number of nitrogens with one attached hydrogen (secondary N) is 1. The van der Waals surface area contributed by atoms with Crippen LogP contribution in [-0.2, 0) is 11.3 Å². The largest absolute Gasteiger partial charge is 0.497 e. The molecule has 0 aliphatic carbocycles. The van der Waals surface area contributed by atoms with Crippen LogP contribution in [0.15, 0.2) is 72.8 Å². The summed E-state index contributed by atoms with van der Waals surface area (Å²) in [5.74, 6) is -0.501. The van der Waals surface area contributed by atoms with Gasteiger partial charge in [-0.1, -0.05) is 42.5 Å². The van der Waals surface area contributed by atoms with Crippen molar-refractivity contribution >= 4 is 40.6 Å². The minimum Gasteiger partial charge on any atom is -0.497 e. The highest BCUT2D eigenvalue weighted by Gasteiger charge is 2.36. The minimum absolute atomic E-state index is 0.0238. The average Bonchev–Trinajstić information content (AvgIpc) is 3.61. The molecule has 1 unspecified atom stereocenters. The first-order valence-corrected chi connectivity index (χ1v) is 12.9. The Balaban J connectivity index is 1.62. The van der Waals surface area contributed by atoms with Gasteiger partial charge >= 0.3 is 0 Å². The van der Waals surface area contributed by atoms with Crippen molar-refractivity contribution in [3.63, 3.8) is 0 Å². The number of rotatable bonds is 9. The molecule has 0 radical (unpaired) electrons. The molecule has 0 fully saturated rings. The molecule has 3 aromatic carbocycles. The SMILES string of the molecule is COc1ccc(C(C(=O)NCc2ccccc2)N(C(=O)c2snc(C(N)=O)c2N)c2ccc3c(c2)OCO3)cc1. The number of fused-ring (bicyclic) bond motifs is 1. The summed E-state index contributed by atoms with van der Waals surface area (Å²) in [5, 5.41) is 2.94. The van der Waals surface area contributed by atoms with Gasteiger partial charge < -0.3 is 31.0 Å². The van der Waals surface area contributed by atoms with Gasteiger partial charge in [0.15, 0.2) is 17.2 Å². The van der Waals surface area contributed by atoms with Crippen LogP contribution in [0.4, 0.5) is 11.4 Å². The lowest BCUT2D eigenvalue weighted by molar-refractivity contribution is -0.122. The van der Waals surface area contributed by atoms with E-state index in [1.54, 1.807) is 42.5 Å². The Morgan fingerprint density at radius 1 is 1.05 bits per heavy atom. The quantitative estimate of drug-likeness (QED) is 0.282. The molecule has 3 amide bonds. The van der Waals surface area contributed by atoms with Gasteiger partial charge in [-0.05, 0) is 46.9 Å². The first-order chi connectivity index (χ1) is 19.4. The highest BCUT2D eigenvalue weighted by atomic mass is 32.1. The van der Waals surface area contributed by atoms with E-state index in [1.807, 2.05) is 30.3 Å². The lowest BCUT2D eigenvalue weighted by Crippen LogP contribution is -2.44. The Morgan fingerprint density at radius 2 is 1.77 bits per heavy atom. The molecule has 4 aromatic rings. The number of nitrogen functional groups attached to an aromatic ring is 1. The topological polar surface area (TPSA) is 159 Å². The summed E-state index contributed by atoms with van der Waals surface area (Å²) in [7, 11) is 1.53. The maximum absolute atomic E-state index is 14.2. The van der Waals surface area contributed by atoms with Crippen LogP contribution in [0.2, 0.25) is 0 Å². The summed E-state index contributed by atoms with van der Waals surface area (Å²) in [5.41, 5.74) is 12.9. The number of hydrogen-bond acceptors (Lipinski definition) is 9. The number of nitrogens with zero attached hydrogens (tertiary/aromatic N) is 2. The summed E-state index contributed by atoms with van der Waals surface area (Å²) in [6.07, 6.45) is 0. The third-order valence-electron chi connectivity index (χ3n) is 6.26. The summed E-state index contributed by atoms with van der Waals surface area (Å²) in [4.78, 5) is 41.2. The number of aromatic nitrogens is 1. The first kappa shape index (κ1) is 26.5. The second-order valence-electron chi connectivity index (χ2n) is 8.73. The van der Waals surface area contributed by atoms with Crippen molar-refractivity contribution in [1.29, 1.82) is 0 Å². The molecule has 5 rings (SSSR count). The molecule has 40 heavy (non-hydrogen) atoms. The molecule has 12 heteroatoms. The number of carbonyl (C=O) groups excluding carboxylic acids is 3. The van der Waals surface area contributed by atoms with E-state index in [2.05, 4.69) is 9.69 Å². The molecular weight excluding hydrogens is 534 g/mol. The van der Waals surface area contributed by atoms with Crippen molar-refractivity contribution in [3.8, 4) is 17.2 Å². The number of nitrogens with two attached hydrogens (primary N) is 2. The van der Waals surface area contributed by atoms with Gasteiger partial charge in [0.25, 0.3) is 11.8 Å². The van der Waals surface area contributed by atoms with E-state index < -0.39 is 23.8 Å². The van der Waals surface area contributed by atoms with Crippen LogP contribution in [0.5, 0.6) is 17.2 Å². The van der Waals surface area contributed by atoms with E-state index in [-0.39, 0.29) is 29.6 Å². The summed E-state index contributed by atoms with van der Waals surface area (Å²) < 4.78 is 20.2. The van der Waals surface area contributed by atoms with Crippen molar-refractivity contribution in [1.82, 2.24) is 9.69 Å². The van der Waals surface area contributed by atoms with Crippen molar-refractivity contribution in [2.24, 2.45) is 5.73 Å². The Kier molecular flexibility index (Phi) is 7.51. The number of carbonyl (C=O) groups is 3. The third-order valence-corrected chi connectivity index (χ3v) is 7.11. The fourth-order valence-electron chi connectivity index (χ4n) is 4.24. The predicted molar refractivity (Wildman–Crippen MR) is 148 cm³/mol. The molecule has 1 atom stereocenters. The van der Waals surface area contributed by atoms with Crippen LogP contribution >= 0.6 is 11.5 Å². The molecule has 0 spiro atoms. The van der Waals surface area contributed by atoms with Gasteiger partial charge in [0, 0.05) is 18.3 Å². The van der Waals surface area contributed by atoms with Crippen LogP contribution < -0.4 is 35.9 Å². The van der Waals surface area contributed by atoms with Crippen LogP contribution in [0, 0.1) is 0 Å². The van der Waals surface area contributed by atoms with Gasteiger partial charge in [-0.25, -0.2) is 0 Å². The molecular formula is C28H25N5O6S. The van der Waals surface area contributed by atoms with Crippen molar-refractivity contribution < 1.29 is 28.6 Å². The van der Waals surface area contributed by atoms with Crippen molar-refractivity contribution in [2.45, 2.75) is 12.6 Å². The zero-order valence-electron chi connectivity index (χ0n) is 21.3. The van der Waals surface area contributed by atoms with E-state index >= 15 is 0 Å². The minimum atomic E-state index is -1.17. The van der Waals surface area contributed by atoms with Crippen molar-refractivity contribution in [2.75, 3.05) is 24.5 Å². The Hall–Kier alpha value is -5.10. The zero-order valence-corrected chi connectivity index (χ0v) is 22.1. The van der Waals surface area contributed by atoms with Gasteiger partial charge in [-0.2, -0.15) is 4.37 Å². The predicted octanol–water partition coefficient (Wildman–Crippen LogP) is 3.27. The molecule has 0 saturated heterocycles. The molecule has 0 bridgehead atoms. The summed E-state index contributed by atoms with van der Waals surface area (Å²) in [6, 6.07) is 19.9. The van der Waals surface area contributed by atoms with Gasteiger partial charge in [0.2, 0.25) is 12.7 Å². The van der Waals surface area contributed by atoms with Gasteiger partial charge in [0.05, 0.1) is 12.8 Å². The number of benzene rings is 3. The number of methoxy groups -OCH3 is 1. The van der Waals surface area contributed by atoms with Crippen molar-refractivity contribution in [3.05, 3.63) is 94.5 Å². The normalized spacial score (nSPS) is 12.4. The number of anilines is 2.